The van der Waals surface area contributed by atoms with E-state index in [2.05, 4.69) is 6.92 Å². The predicted molar refractivity (Wildman–Crippen MR) is 101 cm³/mol. The monoisotopic (exact) mass is 344 g/mol. The van der Waals surface area contributed by atoms with E-state index in [4.69, 9.17) is 0 Å². The molecule has 3 aliphatic carbocycles. The maximum atomic E-state index is 11.7. The minimum atomic E-state index is -1.10. The Hall–Kier alpha value is -1.16. The van der Waals surface area contributed by atoms with E-state index in [1.807, 2.05) is 62.5 Å². The van der Waals surface area contributed by atoms with Crippen molar-refractivity contribution in [3.63, 3.8) is 0 Å². The molecule has 3 N–H and O–H groups in total. The van der Waals surface area contributed by atoms with Crippen LogP contribution in [0.3, 0.4) is 0 Å². The van der Waals surface area contributed by atoms with Crippen LogP contribution in [0.2, 0.25) is 0 Å². The number of aliphatic hydroxyl groups is 3. The number of allylic oxidation sites excluding steroid dienone is 4. The number of hydrogen-bond acceptors (Lipinski definition) is 3. The van der Waals surface area contributed by atoms with Crippen molar-refractivity contribution in [1.82, 2.24) is 0 Å². The average molecular weight is 344 g/mol. The lowest BCUT2D eigenvalue weighted by Gasteiger charge is -2.53. The molecule has 3 aliphatic rings. The smallest absolute Gasteiger partial charge is 0.0951 e. The molecule has 0 aromatic heterocycles. The molecule has 0 radical (unpaired) electrons. The second-order valence-electron chi connectivity index (χ2n) is 8.44. The van der Waals surface area contributed by atoms with Crippen molar-refractivity contribution in [2.45, 2.75) is 57.3 Å². The van der Waals surface area contributed by atoms with Gasteiger partial charge in [0, 0.05) is 17.8 Å². The van der Waals surface area contributed by atoms with Gasteiger partial charge in [-0.3, -0.25) is 0 Å². The van der Waals surface area contributed by atoms with Crippen LogP contribution in [0.5, 0.6) is 0 Å². The molecule has 25 heavy (non-hydrogen) atoms. The Balaban J connectivity index is 2.03. The molecule has 138 valence electrons. The largest absolute Gasteiger partial charge is 0.393 e. The van der Waals surface area contributed by atoms with E-state index in [0.29, 0.717) is 0 Å². The Morgan fingerprint density at radius 1 is 0.840 bits per heavy atom. The first kappa shape index (κ1) is 18.6. The normalized spacial score (nSPS) is 47.8. The van der Waals surface area contributed by atoms with E-state index in [1.165, 1.54) is 0 Å². The molecule has 0 spiro atoms. The van der Waals surface area contributed by atoms with Crippen LogP contribution in [0.15, 0.2) is 48.6 Å². The third kappa shape index (κ3) is 3.18. The van der Waals surface area contributed by atoms with Crippen LogP contribution < -0.4 is 0 Å². The lowest BCUT2D eigenvalue weighted by Crippen LogP contribution is -2.60. The van der Waals surface area contributed by atoms with E-state index in [0.717, 1.165) is 19.3 Å². The van der Waals surface area contributed by atoms with E-state index in [9.17, 15) is 15.3 Å². The van der Waals surface area contributed by atoms with Crippen LogP contribution in [-0.4, -0.2) is 32.6 Å². The Bertz CT molecular complexity index is 564. The maximum Gasteiger partial charge on any atom is 0.0951 e. The van der Waals surface area contributed by atoms with Gasteiger partial charge in [-0.1, -0.05) is 69.4 Å². The van der Waals surface area contributed by atoms with Crippen molar-refractivity contribution in [2.24, 2.45) is 29.6 Å². The summed E-state index contributed by atoms with van der Waals surface area (Å²) < 4.78 is 0. The second kappa shape index (κ2) is 6.86. The molecule has 0 aromatic rings. The summed E-state index contributed by atoms with van der Waals surface area (Å²) in [5.41, 5.74) is -2.19. The fraction of sp³-hybridized carbons (Fsp3) is 0.636. The van der Waals surface area contributed by atoms with Crippen molar-refractivity contribution in [1.29, 1.82) is 0 Å². The van der Waals surface area contributed by atoms with Gasteiger partial charge in [-0.2, -0.15) is 0 Å². The zero-order valence-corrected chi connectivity index (χ0v) is 15.5. The fourth-order valence-electron chi connectivity index (χ4n) is 5.12. The van der Waals surface area contributed by atoms with Gasteiger partial charge in [-0.05, 0) is 31.1 Å². The molecule has 1 fully saturated rings. The Kier molecular flexibility index (Phi) is 5.11. The quantitative estimate of drug-likeness (QED) is 0.735. The Morgan fingerprint density at radius 3 is 1.80 bits per heavy atom. The van der Waals surface area contributed by atoms with Crippen LogP contribution in [0.4, 0.5) is 0 Å². The minimum absolute atomic E-state index is 0.0693. The Morgan fingerprint density at radius 2 is 1.36 bits per heavy atom. The lowest BCUT2D eigenvalue weighted by atomic mass is 9.56. The van der Waals surface area contributed by atoms with Gasteiger partial charge in [0.15, 0.2) is 0 Å². The van der Waals surface area contributed by atoms with Gasteiger partial charge < -0.3 is 15.3 Å². The van der Waals surface area contributed by atoms with Gasteiger partial charge in [0.05, 0.1) is 17.3 Å². The molecular weight excluding hydrogens is 312 g/mol. The molecule has 0 saturated heterocycles. The summed E-state index contributed by atoms with van der Waals surface area (Å²) >= 11 is 0. The standard InChI is InChI=1S/C22H32O3/c1-15-14-18(10-11-19(15)23)20(21(24)12-6-4-8-16(21)2)22(25)13-7-5-9-17(22)3/h4-9,12-13,15-20,23-25H,10-11,14H2,1-3H3. The van der Waals surface area contributed by atoms with Crippen LogP contribution in [0.1, 0.15) is 40.0 Å². The van der Waals surface area contributed by atoms with Crippen molar-refractivity contribution < 1.29 is 15.3 Å². The SMILES string of the molecule is CC1CC(C(C2(O)C=CC=CC2C)C2(O)C=CC=CC2C)CCC1O. The van der Waals surface area contributed by atoms with Gasteiger partial charge in [-0.25, -0.2) is 0 Å². The van der Waals surface area contributed by atoms with Crippen LogP contribution in [-0.2, 0) is 0 Å². The van der Waals surface area contributed by atoms with Crippen molar-refractivity contribution in [3.05, 3.63) is 48.6 Å². The summed E-state index contributed by atoms with van der Waals surface area (Å²) in [4.78, 5) is 0. The zero-order chi connectivity index (χ0) is 18.2. The van der Waals surface area contributed by atoms with Crippen molar-refractivity contribution in [3.8, 4) is 0 Å². The summed E-state index contributed by atoms with van der Waals surface area (Å²) in [6, 6.07) is 0. The third-order valence-corrected chi connectivity index (χ3v) is 6.84. The number of hydrogen-bond donors (Lipinski definition) is 3. The van der Waals surface area contributed by atoms with Crippen LogP contribution >= 0.6 is 0 Å². The predicted octanol–water partition coefficient (Wildman–Crippen LogP) is 3.39. The molecule has 1 saturated carbocycles. The summed E-state index contributed by atoms with van der Waals surface area (Å²) in [5, 5.41) is 33.6. The highest BCUT2D eigenvalue weighted by molar-refractivity contribution is 5.30. The average Bonchev–Trinajstić information content (AvgIpc) is 2.57. The first-order valence-corrected chi connectivity index (χ1v) is 9.64. The second-order valence-corrected chi connectivity index (χ2v) is 8.44. The van der Waals surface area contributed by atoms with Crippen LogP contribution in [0, 0.1) is 29.6 Å². The van der Waals surface area contributed by atoms with Gasteiger partial charge in [-0.15, -0.1) is 0 Å². The molecular formula is C22H32O3. The molecule has 3 heteroatoms. The Labute approximate surface area is 151 Å². The van der Waals surface area contributed by atoms with Crippen LogP contribution in [0.25, 0.3) is 0 Å². The molecule has 0 heterocycles. The third-order valence-electron chi connectivity index (χ3n) is 6.84. The van der Waals surface area contributed by atoms with Gasteiger partial charge >= 0.3 is 0 Å². The first-order chi connectivity index (χ1) is 11.8. The fourth-order valence-corrected chi connectivity index (χ4v) is 5.12. The van der Waals surface area contributed by atoms with Crippen molar-refractivity contribution >= 4 is 0 Å². The van der Waals surface area contributed by atoms with E-state index >= 15 is 0 Å². The highest BCUT2D eigenvalue weighted by atomic mass is 16.3. The zero-order valence-electron chi connectivity index (χ0n) is 15.5. The van der Waals surface area contributed by atoms with E-state index < -0.39 is 11.2 Å². The summed E-state index contributed by atoms with van der Waals surface area (Å²) in [6.07, 6.45) is 17.6. The van der Waals surface area contributed by atoms with Gasteiger partial charge in [0.1, 0.15) is 0 Å². The van der Waals surface area contributed by atoms with Crippen molar-refractivity contribution in [2.75, 3.05) is 0 Å². The first-order valence-electron chi connectivity index (χ1n) is 9.64. The molecule has 0 aromatic carbocycles. The molecule has 7 unspecified atom stereocenters. The summed E-state index contributed by atoms with van der Waals surface area (Å²) in [5.74, 6) is -0.112. The minimum Gasteiger partial charge on any atom is -0.393 e. The van der Waals surface area contributed by atoms with E-state index in [-0.39, 0.29) is 35.7 Å². The molecule has 0 aliphatic heterocycles. The van der Waals surface area contributed by atoms with E-state index in [1.54, 1.807) is 0 Å². The lowest BCUT2D eigenvalue weighted by molar-refractivity contribution is -0.146. The highest BCUT2D eigenvalue weighted by Gasteiger charge is 2.55. The topological polar surface area (TPSA) is 60.7 Å². The molecule has 3 nitrogen and oxygen atoms in total. The van der Waals surface area contributed by atoms with Gasteiger partial charge in [0.2, 0.25) is 0 Å². The summed E-state index contributed by atoms with van der Waals surface area (Å²) in [7, 11) is 0. The maximum absolute atomic E-state index is 11.7. The molecule has 7 atom stereocenters. The molecule has 0 bridgehead atoms. The number of aliphatic hydroxyl groups excluding tert-OH is 1. The molecule has 3 rings (SSSR count). The molecule has 0 amide bonds. The highest BCUT2D eigenvalue weighted by Crippen LogP contribution is 2.51. The number of rotatable bonds is 3. The van der Waals surface area contributed by atoms with Gasteiger partial charge in [0.25, 0.3) is 0 Å². The summed E-state index contributed by atoms with van der Waals surface area (Å²) in [6.45, 7) is 6.11.